The first-order valence-corrected chi connectivity index (χ1v) is 13.8. The predicted molar refractivity (Wildman–Crippen MR) is 136 cm³/mol. The van der Waals surface area contributed by atoms with Crippen LogP contribution in [0.15, 0.2) is 23.3 Å². The smallest absolute Gasteiger partial charge is 0.312 e. The summed E-state index contributed by atoms with van der Waals surface area (Å²) in [6.07, 6.45) is 7.05. The second kappa shape index (κ2) is 8.76. The number of hydrogen-bond acceptors (Lipinski definition) is 3. The van der Waals surface area contributed by atoms with Gasteiger partial charge in [0, 0.05) is 5.41 Å². The van der Waals surface area contributed by atoms with E-state index in [1.54, 1.807) is 6.92 Å². The highest BCUT2D eigenvalue weighted by Gasteiger charge is 2.64. The van der Waals surface area contributed by atoms with Gasteiger partial charge in [0.15, 0.2) is 0 Å². The molecule has 4 rings (SSSR count). The van der Waals surface area contributed by atoms with Gasteiger partial charge in [0.05, 0.1) is 17.6 Å². The van der Waals surface area contributed by atoms with Gasteiger partial charge in [-0.15, -0.1) is 0 Å². The van der Waals surface area contributed by atoms with Crippen LogP contribution in [0.25, 0.3) is 0 Å². The molecular formula is C30H48O4. The van der Waals surface area contributed by atoms with Crippen molar-refractivity contribution < 1.29 is 20.1 Å². The minimum absolute atomic E-state index is 0.0882. The second-order valence-electron chi connectivity index (χ2n) is 13.3. The molecule has 4 aliphatic carbocycles. The van der Waals surface area contributed by atoms with Crippen molar-refractivity contribution in [3.63, 3.8) is 0 Å². The van der Waals surface area contributed by atoms with E-state index in [2.05, 4.69) is 41.2 Å². The summed E-state index contributed by atoms with van der Waals surface area (Å²) in [5.41, 5.74) is 2.73. The van der Waals surface area contributed by atoms with Crippen LogP contribution in [0.5, 0.6) is 0 Å². The number of carbonyl (C=O) groups is 1. The van der Waals surface area contributed by atoms with Crippen molar-refractivity contribution in [3.05, 3.63) is 23.3 Å². The van der Waals surface area contributed by atoms with E-state index >= 15 is 0 Å². The first-order valence-electron chi connectivity index (χ1n) is 13.8. The summed E-state index contributed by atoms with van der Waals surface area (Å²) < 4.78 is 0. The lowest BCUT2D eigenvalue weighted by molar-refractivity contribution is -0.176. The maximum atomic E-state index is 12.4. The van der Waals surface area contributed by atoms with Crippen molar-refractivity contribution in [2.45, 2.75) is 112 Å². The van der Waals surface area contributed by atoms with Gasteiger partial charge in [-0.2, -0.15) is 0 Å². The van der Waals surface area contributed by atoms with Crippen LogP contribution in [0.3, 0.4) is 0 Å². The number of carboxylic acid groups (broad SMARTS) is 1. The summed E-state index contributed by atoms with van der Waals surface area (Å²) in [6.45, 7) is 17.4. The topological polar surface area (TPSA) is 77.8 Å². The molecule has 0 aromatic heterocycles. The van der Waals surface area contributed by atoms with Crippen LogP contribution >= 0.6 is 0 Å². The van der Waals surface area contributed by atoms with Crippen LogP contribution in [0.4, 0.5) is 0 Å². The molecule has 0 bridgehead atoms. The van der Waals surface area contributed by atoms with Crippen LogP contribution in [-0.2, 0) is 4.79 Å². The highest BCUT2D eigenvalue weighted by Crippen LogP contribution is 2.68. The molecule has 9 atom stereocenters. The van der Waals surface area contributed by atoms with Gasteiger partial charge in [-0.3, -0.25) is 4.79 Å². The van der Waals surface area contributed by atoms with Crippen molar-refractivity contribution in [1.82, 2.24) is 0 Å². The molecule has 0 amide bonds. The Morgan fingerprint density at radius 3 is 2.35 bits per heavy atom. The summed E-state index contributed by atoms with van der Waals surface area (Å²) in [5, 5.41) is 32.6. The van der Waals surface area contributed by atoms with Gasteiger partial charge in [-0.05, 0) is 99.7 Å². The van der Waals surface area contributed by atoms with Crippen molar-refractivity contribution in [3.8, 4) is 0 Å². The predicted octanol–water partition coefficient (Wildman–Crippen LogP) is 6.37. The molecule has 192 valence electrons. The number of carboxylic acids is 1. The summed E-state index contributed by atoms with van der Waals surface area (Å²) in [6, 6.07) is 0. The van der Waals surface area contributed by atoms with Gasteiger partial charge in [0.2, 0.25) is 0 Å². The Labute approximate surface area is 206 Å². The SMILES string of the molecule is C=C(CC[C@@H](C)[C@@H]1CC[C@H]2C3=C(C[C@H](O)[C@]21C)[C@]1(C)CC[C@@H](O)[C@@](C)(C(=O)O)[C@@H]1CC3)C(C)C. The fourth-order valence-corrected chi connectivity index (χ4v) is 9.11. The minimum atomic E-state index is -1.12. The molecule has 0 spiro atoms. The zero-order valence-corrected chi connectivity index (χ0v) is 22.4. The van der Waals surface area contributed by atoms with Crippen LogP contribution in [0, 0.1) is 45.8 Å². The minimum Gasteiger partial charge on any atom is -0.481 e. The maximum Gasteiger partial charge on any atom is 0.312 e. The number of aliphatic hydroxyl groups excluding tert-OH is 2. The van der Waals surface area contributed by atoms with Crippen molar-refractivity contribution in [2.24, 2.45) is 45.8 Å². The molecule has 0 aliphatic heterocycles. The standard InChI is InChI=1S/C30H48O4/c1-17(2)18(3)8-9-19(4)21-11-12-22-20-10-13-24-28(5,23(20)16-26(32)29(21,22)6)15-14-25(31)30(24,7)27(33)34/h17,19,21-22,24-26,31-32H,3,8-16H2,1-2,4-7H3,(H,33,34)/t19-,21+,22+,24-,25-,26+,28+,29+,30+/m1/s1. The van der Waals surface area contributed by atoms with Crippen LogP contribution in [-0.4, -0.2) is 33.5 Å². The largest absolute Gasteiger partial charge is 0.481 e. The molecule has 0 aromatic carbocycles. The average molecular weight is 473 g/mol. The van der Waals surface area contributed by atoms with E-state index < -0.39 is 23.6 Å². The molecule has 0 saturated heterocycles. The van der Waals surface area contributed by atoms with Crippen LogP contribution in [0.2, 0.25) is 0 Å². The van der Waals surface area contributed by atoms with E-state index in [9.17, 15) is 20.1 Å². The fraction of sp³-hybridized carbons (Fsp3) is 0.833. The van der Waals surface area contributed by atoms with Gasteiger partial charge in [0.1, 0.15) is 0 Å². The summed E-state index contributed by atoms with van der Waals surface area (Å²) in [5.74, 6) is 1.01. The summed E-state index contributed by atoms with van der Waals surface area (Å²) >= 11 is 0. The Hall–Kier alpha value is -1.13. The number of rotatable bonds is 6. The average Bonchev–Trinajstić information content (AvgIpc) is 3.14. The van der Waals surface area contributed by atoms with E-state index in [1.165, 1.54) is 16.7 Å². The molecule has 2 saturated carbocycles. The van der Waals surface area contributed by atoms with Gasteiger partial charge in [-0.25, -0.2) is 0 Å². The van der Waals surface area contributed by atoms with Gasteiger partial charge < -0.3 is 15.3 Å². The van der Waals surface area contributed by atoms with E-state index in [1.807, 2.05) is 0 Å². The van der Waals surface area contributed by atoms with Gasteiger partial charge in [-0.1, -0.05) is 57.9 Å². The Morgan fingerprint density at radius 2 is 1.74 bits per heavy atom. The molecule has 2 fully saturated rings. The number of fused-ring (bicyclic) bond motifs is 4. The molecule has 4 aliphatic rings. The summed E-state index contributed by atoms with van der Waals surface area (Å²) in [7, 11) is 0. The van der Waals surface area contributed by atoms with E-state index in [0.29, 0.717) is 36.5 Å². The highest BCUT2D eigenvalue weighted by atomic mass is 16.4. The Bertz CT molecular complexity index is 873. The van der Waals surface area contributed by atoms with E-state index in [0.717, 1.165) is 44.9 Å². The number of aliphatic hydroxyl groups is 2. The monoisotopic (exact) mass is 472 g/mol. The van der Waals surface area contributed by atoms with Gasteiger partial charge in [0.25, 0.3) is 0 Å². The lowest BCUT2D eigenvalue weighted by atomic mass is 9.45. The Morgan fingerprint density at radius 1 is 1.06 bits per heavy atom. The maximum absolute atomic E-state index is 12.4. The molecule has 34 heavy (non-hydrogen) atoms. The Kier molecular flexibility index (Phi) is 6.69. The lowest BCUT2D eigenvalue weighted by Gasteiger charge is -2.60. The molecule has 0 heterocycles. The zero-order valence-electron chi connectivity index (χ0n) is 22.4. The molecular weight excluding hydrogens is 424 g/mol. The molecule has 3 N–H and O–H groups in total. The van der Waals surface area contributed by atoms with Crippen molar-refractivity contribution in [1.29, 1.82) is 0 Å². The second-order valence-corrected chi connectivity index (χ2v) is 13.3. The molecule has 0 unspecified atom stereocenters. The quantitative estimate of drug-likeness (QED) is 0.393. The van der Waals surface area contributed by atoms with Crippen LogP contribution in [0.1, 0.15) is 99.3 Å². The third-order valence-electron chi connectivity index (χ3n) is 11.6. The zero-order chi connectivity index (χ0) is 25.2. The lowest BCUT2D eigenvalue weighted by Crippen LogP contribution is -2.59. The third-order valence-corrected chi connectivity index (χ3v) is 11.6. The molecule has 0 radical (unpaired) electrons. The third kappa shape index (κ3) is 3.57. The first kappa shape index (κ1) is 25.9. The Balaban J connectivity index is 1.64. The fourth-order valence-electron chi connectivity index (χ4n) is 9.11. The normalized spacial score (nSPS) is 44.9. The van der Waals surface area contributed by atoms with Crippen LogP contribution < -0.4 is 0 Å². The number of hydrogen-bond donors (Lipinski definition) is 3. The van der Waals surface area contributed by atoms with E-state index in [-0.39, 0.29) is 16.7 Å². The number of aliphatic carboxylic acids is 1. The van der Waals surface area contributed by atoms with Crippen molar-refractivity contribution in [2.75, 3.05) is 0 Å². The molecule has 4 heteroatoms. The summed E-state index contributed by atoms with van der Waals surface area (Å²) in [4.78, 5) is 12.4. The molecule has 0 aromatic rings. The van der Waals surface area contributed by atoms with Gasteiger partial charge >= 0.3 is 5.97 Å². The van der Waals surface area contributed by atoms with Crippen molar-refractivity contribution >= 4 is 5.97 Å². The number of allylic oxidation sites excluding steroid dienone is 2. The van der Waals surface area contributed by atoms with E-state index in [4.69, 9.17) is 0 Å². The first-order chi connectivity index (χ1) is 15.8. The molecule has 4 nitrogen and oxygen atoms in total. The highest BCUT2D eigenvalue weighted by molar-refractivity contribution is 5.76.